The minimum atomic E-state index is -0.202. The van der Waals surface area contributed by atoms with E-state index in [1.807, 2.05) is 38.1 Å². The minimum absolute atomic E-state index is 0.0788. The van der Waals surface area contributed by atoms with Crippen molar-refractivity contribution in [1.82, 2.24) is 10.3 Å². The maximum absolute atomic E-state index is 12.9. The van der Waals surface area contributed by atoms with Crippen molar-refractivity contribution < 1.29 is 19.1 Å². The highest BCUT2D eigenvalue weighted by Crippen LogP contribution is 2.36. The highest BCUT2D eigenvalue weighted by atomic mass is 16.5. The Morgan fingerprint density at radius 3 is 2.63 bits per heavy atom. The van der Waals surface area contributed by atoms with E-state index in [1.165, 1.54) is 0 Å². The molecular weight excluding hydrogens is 482 g/mol. The second kappa shape index (κ2) is 11.7. The molecule has 0 fully saturated rings. The van der Waals surface area contributed by atoms with Crippen LogP contribution in [0.5, 0.6) is 5.75 Å². The molecule has 9 heteroatoms. The lowest BCUT2D eigenvalue weighted by atomic mass is 10.0. The first-order chi connectivity index (χ1) is 18.3. The van der Waals surface area contributed by atoms with Crippen molar-refractivity contribution in [2.75, 3.05) is 30.0 Å². The normalized spacial score (nSPS) is 13.2. The number of unbranched alkanes of at least 4 members (excludes halogenated alkanes) is 2. The van der Waals surface area contributed by atoms with Crippen molar-refractivity contribution in [3.05, 3.63) is 70.5 Å². The predicted octanol–water partition coefficient (Wildman–Crippen LogP) is 4.64. The Morgan fingerprint density at radius 2 is 1.87 bits per heavy atom. The number of fused-ring (bicyclic) bond motifs is 1. The van der Waals surface area contributed by atoms with Gasteiger partial charge in [0.25, 0.3) is 11.8 Å². The van der Waals surface area contributed by atoms with Crippen LogP contribution in [0.1, 0.15) is 58.6 Å². The molecule has 2 aromatic carbocycles. The first-order valence-corrected chi connectivity index (χ1v) is 12.6. The second-order valence-electron chi connectivity index (χ2n) is 9.29. The zero-order valence-corrected chi connectivity index (χ0v) is 21.9. The quantitative estimate of drug-likeness (QED) is 0.152. The maximum Gasteiger partial charge on any atom is 0.256 e. The monoisotopic (exact) mass is 515 g/mol. The summed E-state index contributed by atoms with van der Waals surface area (Å²) < 4.78 is 5.24. The van der Waals surface area contributed by atoms with Gasteiger partial charge in [-0.05, 0) is 62.6 Å². The van der Waals surface area contributed by atoms with Gasteiger partial charge in [-0.15, -0.1) is 0 Å². The number of para-hydroxylation sites is 2. The zero-order valence-electron chi connectivity index (χ0n) is 21.9. The van der Waals surface area contributed by atoms with Crippen LogP contribution in [-0.4, -0.2) is 36.4 Å². The smallest absolute Gasteiger partial charge is 0.256 e. The van der Waals surface area contributed by atoms with E-state index in [0.29, 0.717) is 59.0 Å². The summed E-state index contributed by atoms with van der Waals surface area (Å²) >= 11 is 0. The molecule has 1 aromatic heterocycles. The molecule has 1 aliphatic rings. The summed E-state index contributed by atoms with van der Waals surface area (Å²) in [6.45, 7) is 4.21. The van der Waals surface area contributed by atoms with Gasteiger partial charge in [0.15, 0.2) is 0 Å². The van der Waals surface area contributed by atoms with Gasteiger partial charge >= 0.3 is 0 Å². The summed E-state index contributed by atoms with van der Waals surface area (Å²) in [5.41, 5.74) is 11.8. The van der Waals surface area contributed by atoms with E-state index in [9.17, 15) is 14.4 Å². The fourth-order valence-corrected chi connectivity index (χ4v) is 4.55. The van der Waals surface area contributed by atoms with Crippen molar-refractivity contribution in [3.8, 4) is 5.75 Å². The zero-order chi connectivity index (χ0) is 27.2. The number of aryl methyl sites for hydroxylation is 1. The topological polar surface area (TPSA) is 138 Å². The first kappa shape index (κ1) is 26.5. The van der Waals surface area contributed by atoms with Gasteiger partial charge in [0.05, 0.1) is 35.3 Å². The summed E-state index contributed by atoms with van der Waals surface area (Å²) in [7, 11) is 1.58. The molecule has 0 aliphatic carbocycles. The minimum Gasteiger partial charge on any atom is -0.497 e. The number of benzene rings is 2. The number of ether oxygens (including phenoxy) is 1. The van der Waals surface area contributed by atoms with Crippen LogP contribution in [0.2, 0.25) is 0 Å². The number of rotatable bonds is 10. The van der Waals surface area contributed by atoms with Gasteiger partial charge in [0.1, 0.15) is 5.75 Å². The average molecular weight is 516 g/mol. The van der Waals surface area contributed by atoms with Gasteiger partial charge in [0.2, 0.25) is 5.91 Å². The van der Waals surface area contributed by atoms with Gasteiger partial charge in [-0.3, -0.25) is 14.4 Å². The third kappa shape index (κ3) is 5.88. The van der Waals surface area contributed by atoms with Crippen LogP contribution in [-0.2, 0) is 9.59 Å². The molecule has 9 nitrogen and oxygen atoms in total. The molecule has 198 valence electrons. The molecule has 2 heterocycles. The van der Waals surface area contributed by atoms with Gasteiger partial charge in [-0.25, -0.2) is 0 Å². The number of nitrogen functional groups attached to an aromatic ring is 1. The van der Waals surface area contributed by atoms with E-state index in [2.05, 4.69) is 20.9 Å². The van der Waals surface area contributed by atoms with Gasteiger partial charge in [-0.1, -0.05) is 18.6 Å². The number of nitrogens with two attached hydrogens (primary N) is 1. The lowest BCUT2D eigenvalue weighted by Gasteiger charge is -2.08. The fraction of sp³-hybridized carbons (Fsp3) is 0.276. The highest BCUT2D eigenvalue weighted by molar-refractivity contribution is 6.35. The van der Waals surface area contributed by atoms with Crippen LogP contribution in [0.3, 0.4) is 0 Å². The molecule has 0 atom stereocenters. The van der Waals surface area contributed by atoms with Crippen molar-refractivity contribution in [2.24, 2.45) is 0 Å². The number of carbonyl (C=O) groups is 3. The third-order valence-corrected chi connectivity index (χ3v) is 6.60. The molecule has 0 spiro atoms. The molecule has 0 bridgehead atoms. The first-order valence-electron chi connectivity index (χ1n) is 12.6. The highest BCUT2D eigenvalue weighted by Gasteiger charge is 2.26. The Bertz CT molecular complexity index is 1410. The third-order valence-electron chi connectivity index (χ3n) is 6.60. The number of anilines is 3. The molecular formula is C29H33N5O4. The molecule has 3 aromatic rings. The van der Waals surface area contributed by atoms with E-state index in [1.54, 1.807) is 31.4 Å². The number of hydrogen-bond donors (Lipinski definition) is 5. The van der Waals surface area contributed by atoms with Crippen molar-refractivity contribution in [1.29, 1.82) is 0 Å². The maximum atomic E-state index is 12.9. The predicted molar refractivity (Wildman–Crippen MR) is 150 cm³/mol. The van der Waals surface area contributed by atoms with Crippen LogP contribution in [0.25, 0.3) is 11.6 Å². The summed E-state index contributed by atoms with van der Waals surface area (Å²) in [4.78, 5) is 40.9. The van der Waals surface area contributed by atoms with E-state index in [4.69, 9.17) is 10.5 Å². The van der Waals surface area contributed by atoms with E-state index in [-0.39, 0.29) is 17.7 Å². The number of methoxy groups -OCH3 is 1. The molecule has 0 saturated heterocycles. The Labute approximate surface area is 221 Å². The van der Waals surface area contributed by atoms with Crippen LogP contribution in [0, 0.1) is 13.8 Å². The Morgan fingerprint density at radius 1 is 1.08 bits per heavy atom. The van der Waals surface area contributed by atoms with Crippen LogP contribution in [0.4, 0.5) is 17.1 Å². The number of nitrogens with one attached hydrogen (secondary N) is 4. The largest absolute Gasteiger partial charge is 0.497 e. The van der Waals surface area contributed by atoms with Crippen molar-refractivity contribution in [3.63, 3.8) is 0 Å². The van der Waals surface area contributed by atoms with Crippen molar-refractivity contribution in [2.45, 2.75) is 39.5 Å². The van der Waals surface area contributed by atoms with Crippen LogP contribution < -0.4 is 26.4 Å². The summed E-state index contributed by atoms with van der Waals surface area (Å²) in [6, 6.07) is 12.6. The fourth-order valence-electron chi connectivity index (χ4n) is 4.55. The number of H-pyrrole nitrogens is 1. The molecule has 0 radical (unpaired) electrons. The lowest BCUT2D eigenvalue weighted by molar-refractivity contribution is -0.116. The average Bonchev–Trinajstić information content (AvgIpc) is 3.36. The van der Waals surface area contributed by atoms with Crippen LogP contribution in [0.15, 0.2) is 42.5 Å². The Kier molecular flexibility index (Phi) is 8.15. The van der Waals surface area contributed by atoms with Crippen LogP contribution >= 0.6 is 0 Å². The van der Waals surface area contributed by atoms with Gasteiger partial charge in [-0.2, -0.15) is 0 Å². The standard InChI is InChI=1S/C29H33N5O4/c1-17-24(16-21-20-13-12-19(38-3)15-25(20)34-28(21)36)32-18(2)27(17)29(37)31-14-8-4-5-11-26(35)33-23-10-7-6-9-22(23)30/h6-7,9-10,12-13,15-16,32H,4-5,8,11,14,30H2,1-3H3,(H,31,37)(H,33,35)(H,34,36)/b21-16-. The second-order valence-corrected chi connectivity index (χ2v) is 9.29. The van der Waals surface area contributed by atoms with Crippen molar-refractivity contribution >= 4 is 46.4 Å². The number of amides is 3. The molecule has 3 amide bonds. The number of carbonyl (C=O) groups excluding carboxylic acids is 3. The van der Waals surface area contributed by atoms with Gasteiger partial charge < -0.3 is 31.4 Å². The summed E-state index contributed by atoms with van der Waals surface area (Å²) in [5.74, 6) is 0.215. The Balaban J connectivity index is 1.29. The molecule has 0 unspecified atom stereocenters. The lowest BCUT2D eigenvalue weighted by Crippen LogP contribution is -2.25. The molecule has 1 aliphatic heterocycles. The molecule has 4 rings (SSSR count). The van der Waals surface area contributed by atoms with E-state index in [0.717, 1.165) is 29.7 Å². The van der Waals surface area contributed by atoms with E-state index >= 15 is 0 Å². The van der Waals surface area contributed by atoms with E-state index < -0.39 is 0 Å². The summed E-state index contributed by atoms with van der Waals surface area (Å²) in [6.07, 6.45) is 4.44. The number of hydrogen-bond acceptors (Lipinski definition) is 5. The number of aromatic amines is 1. The Hall–Kier alpha value is -4.53. The molecule has 38 heavy (non-hydrogen) atoms. The summed E-state index contributed by atoms with van der Waals surface area (Å²) in [5, 5.41) is 8.65. The van der Waals surface area contributed by atoms with Gasteiger partial charge in [0, 0.05) is 36.0 Å². The molecule has 6 N–H and O–H groups in total. The molecule has 0 saturated carbocycles. The SMILES string of the molecule is COc1ccc2c(c1)NC(=O)/C2=C\c1[nH]c(C)c(C(=O)NCCCCCC(=O)Nc2ccccc2N)c1C. The number of aromatic nitrogens is 1.